The molecule has 4 rings (SSSR count). The van der Waals surface area contributed by atoms with Crippen molar-refractivity contribution < 1.29 is 14.3 Å². The van der Waals surface area contributed by atoms with Crippen LogP contribution in [0.25, 0.3) is 0 Å². The van der Waals surface area contributed by atoms with E-state index in [0.717, 1.165) is 30.1 Å². The lowest BCUT2D eigenvalue weighted by Gasteiger charge is -2.19. The average Bonchev–Trinajstić information content (AvgIpc) is 3.38. The van der Waals surface area contributed by atoms with Crippen molar-refractivity contribution in [1.82, 2.24) is 15.8 Å². The zero-order valence-electron chi connectivity index (χ0n) is 16.1. The van der Waals surface area contributed by atoms with E-state index in [9.17, 15) is 4.79 Å². The fourth-order valence-electron chi connectivity index (χ4n) is 3.70. The molecule has 3 N–H and O–H groups in total. The van der Waals surface area contributed by atoms with Crippen LogP contribution in [-0.2, 0) is 4.79 Å². The molecule has 1 unspecified atom stereocenters. The first-order chi connectivity index (χ1) is 13.7. The zero-order valence-corrected chi connectivity index (χ0v) is 16.1. The zero-order chi connectivity index (χ0) is 19.5. The van der Waals surface area contributed by atoms with E-state index in [1.54, 1.807) is 19.1 Å². The maximum absolute atomic E-state index is 12.9. The van der Waals surface area contributed by atoms with Gasteiger partial charge in [-0.25, -0.2) is 0 Å². The van der Waals surface area contributed by atoms with Gasteiger partial charge in [-0.15, -0.1) is 0 Å². The van der Waals surface area contributed by atoms with Crippen LogP contribution in [0.15, 0.2) is 36.4 Å². The van der Waals surface area contributed by atoms with Gasteiger partial charge in [-0.1, -0.05) is 6.07 Å². The predicted molar refractivity (Wildman–Crippen MR) is 107 cm³/mol. The van der Waals surface area contributed by atoms with E-state index in [0.29, 0.717) is 30.6 Å². The highest BCUT2D eigenvalue weighted by molar-refractivity contribution is 6.00. The van der Waals surface area contributed by atoms with Crippen molar-refractivity contribution in [2.24, 2.45) is 0 Å². The predicted octanol–water partition coefficient (Wildman–Crippen LogP) is 1.51. The molecule has 2 aliphatic rings. The van der Waals surface area contributed by atoms with Gasteiger partial charge in [0.05, 0.1) is 14.2 Å². The maximum atomic E-state index is 12.9. The molecule has 0 saturated carbocycles. The summed E-state index contributed by atoms with van der Waals surface area (Å²) in [5, 5.41) is 3.30. The van der Waals surface area contributed by atoms with Gasteiger partial charge in [0.15, 0.2) is 0 Å². The van der Waals surface area contributed by atoms with Gasteiger partial charge in [0.25, 0.3) is 5.91 Å². The fraction of sp³-hybridized carbons (Fsp3) is 0.400. The highest BCUT2D eigenvalue weighted by atomic mass is 16.5. The van der Waals surface area contributed by atoms with Gasteiger partial charge < -0.3 is 14.8 Å². The standard InChI is InChI=1S/C20H25N5O3/c1-27-15-5-3-4-14(10-15)23-17-8-9-25(20(17)26)18-7-6-16(19(24-18)28-2)13-11-21-22-12-13/h3-7,10,13,17,21-23H,8-9,11-12H2,1-2H3. The van der Waals surface area contributed by atoms with Crippen LogP contribution in [0.5, 0.6) is 11.6 Å². The number of pyridine rings is 1. The minimum atomic E-state index is -0.289. The lowest BCUT2D eigenvalue weighted by molar-refractivity contribution is -0.117. The van der Waals surface area contributed by atoms with E-state index in [1.165, 1.54) is 0 Å². The molecule has 3 heterocycles. The first-order valence-corrected chi connectivity index (χ1v) is 9.42. The molecular formula is C20H25N5O3. The molecule has 2 aromatic rings. The van der Waals surface area contributed by atoms with Crippen LogP contribution in [-0.4, -0.2) is 50.8 Å². The molecule has 8 heteroatoms. The molecule has 1 aromatic heterocycles. The molecule has 1 aromatic carbocycles. The van der Waals surface area contributed by atoms with Crippen molar-refractivity contribution in [1.29, 1.82) is 0 Å². The van der Waals surface area contributed by atoms with Crippen molar-refractivity contribution in [2.45, 2.75) is 18.4 Å². The molecule has 0 bridgehead atoms. The number of nitrogens with zero attached hydrogens (tertiary/aromatic N) is 2. The third-order valence-electron chi connectivity index (χ3n) is 5.22. The molecule has 0 radical (unpaired) electrons. The summed E-state index contributed by atoms with van der Waals surface area (Å²) in [6.07, 6.45) is 0.707. The molecule has 0 spiro atoms. The minimum Gasteiger partial charge on any atom is -0.497 e. The van der Waals surface area contributed by atoms with Gasteiger partial charge in [-0.3, -0.25) is 20.5 Å². The summed E-state index contributed by atoms with van der Waals surface area (Å²) in [7, 11) is 3.24. The number of hydrogen-bond donors (Lipinski definition) is 3. The molecule has 8 nitrogen and oxygen atoms in total. The molecular weight excluding hydrogens is 358 g/mol. The Morgan fingerprint density at radius 3 is 2.71 bits per heavy atom. The summed E-state index contributed by atoms with van der Waals surface area (Å²) in [6, 6.07) is 11.2. The van der Waals surface area contributed by atoms with Crippen LogP contribution in [0.4, 0.5) is 11.5 Å². The van der Waals surface area contributed by atoms with Crippen molar-refractivity contribution in [2.75, 3.05) is 44.1 Å². The number of ether oxygens (including phenoxy) is 2. The smallest absolute Gasteiger partial charge is 0.250 e. The number of benzene rings is 1. The van der Waals surface area contributed by atoms with Crippen LogP contribution in [0, 0.1) is 0 Å². The number of methoxy groups -OCH3 is 2. The number of anilines is 2. The van der Waals surface area contributed by atoms with E-state index in [-0.39, 0.29) is 11.9 Å². The summed E-state index contributed by atoms with van der Waals surface area (Å²) in [6.45, 7) is 2.27. The number of aromatic nitrogens is 1. The summed E-state index contributed by atoms with van der Waals surface area (Å²) in [5.41, 5.74) is 8.15. The number of carbonyl (C=O) groups is 1. The monoisotopic (exact) mass is 383 g/mol. The molecule has 148 valence electrons. The Morgan fingerprint density at radius 1 is 1.14 bits per heavy atom. The van der Waals surface area contributed by atoms with Crippen LogP contribution in [0.2, 0.25) is 0 Å². The third kappa shape index (κ3) is 3.61. The van der Waals surface area contributed by atoms with Gasteiger partial charge in [0.2, 0.25) is 5.88 Å². The lowest BCUT2D eigenvalue weighted by Crippen LogP contribution is -2.34. The number of carbonyl (C=O) groups excluding carboxylic acids is 1. The van der Waals surface area contributed by atoms with Crippen LogP contribution >= 0.6 is 0 Å². The molecule has 2 fully saturated rings. The third-order valence-corrected chi connectivity index (χ3v) is 5.22. The Labute approximate surface area is 164 Å². The minimum absolute atomic E-state index is 0.00863. The SMILES string of the molecule is COc1cccc(NC2CCN(c3ccc(C4CNNC4)c(OC)n3)C2=O)c1. The molecule has 2 saturated heterocycles. The normalized spacial score (nSPS) is 19.9. The molecule has 28 heavy (non-hydrogen) atoms. The average molecular weight is 383 g/mol. The molecule has 2 aliphatic heterocycles. The van der Waals surface area contributed by atoms with Crippen molar-refractivity contribution in [3.8, 4) is 11.6 Å². The van der Waals surface area contributed by atoms with Gasteiger partial charge in [0, 0.05) is 42.9 Å². The largest absolute Gasteiger partial charge is 0.497 e. The Hall–Kier alpha value is -2.84. The van der Waals surface area contributed by atoms with Crippen molar-refractivity contribution in [3.63, 3.8) is 0 Å². The molecule has 1 amide bonds. The number of rotatable bonds is 6. The molecule has 1 atom stereocenters. The number of amides is 1. The number of hydrazine groups is 1. The number of hydrogen-bond acceptors (Lipinski definition) is 7. The summed E-state index contributed by atoms with van der Waals surface area (Å²) < 4.78 is 10.8. The van der Waals surface area contributed by atoms with Crippen LogP contribution in [0.3, 0.4) is 0 Å². The Balaban J connectivity index is 1.49. The fourth-order valence-corrected chi connectivity index (χ4v) is 3.70. The summed E-state index contributed by atoms with van der Waals surface area (Å²) in [5.74, 6) is 2.26. The summed E-state index contributed by atoms with van der Waals surface area (Å²) in [4.78, 5) is 19.3. The second kappa shape index (κ2) is 8.04. The van der Waals surface area contributed by atoms with Gasteiger partial charge in [0.1, 0.15) is 17.6 Å². The van der Waals surface area contributed by atoms with Crippen LogP contribution < -0.4 is 30.5 Å². The van der Waals surface area contributed by atoms with Gasteiger partial charge >= 0.3 is 0 Å². The first kappa shape index (κ1) is 18.5. The van der Waals surface area contributed by atoms with E-state index in [1.807, 2.05) is 36.4 Å². The van der Waals surface area contributed by atoms with E-state index in [4.69, 9.17) is 9.47 Å². The highest BCUT2D eigenvalue weighted by Crippen LogP contribution is 2.30. The Morgan fingerprint density at radius 2 is 1.96 bits per heavy atom. The topological polar surface area (TPSA) is 87.8 Å². The van der Waals surface area contributed by atoms with Crippen LogP contribution in [0.1, 0.15) is 17.9 Å². The van der Waals surface area contributed by atoms with E-state index in [2.05, 4.69) is 21.2 Å². The Bertz CT molecular complexity index is 853. The second-order valence-corrected chi connectivity index (χ2v) is 6.93. The van der Waals surface area contributed by atoms with Crippen molar-refractivity contribution >= 4 is 17.4 Å². The maximum Gasteiger partial charge on any atom is 0.250 e. The second-order valence-electron chi connectivity index (χ2n) is 6.93. The Kier molecular flexibility index (Phi) is 5.31. The van der Waals surface area contributed by atoms with Gasteiger partial charge in [-0.05, 0) is 30.7 Å². The first-order valence-electron chi connectivity index (χ1n) is 9.42. The number of nitrogens with one attached hydrogen (secondary N) is 3. The van der Waals surface area contributed by atoms with E-state index >= 15 is 0 Å². The lowest BCUT2D eigenvalue weighted by atomic mass is 10.0. The summed E-state index contributed by atoms with van der Waals surface area (Å²) >= 11 is 0. The molecule has 0 aliphatic carbocycles. The quantitative estimate of drug-likeness (QED) is 0.697. The highest BCUT2D eigenvalue weighted by Gasteiger charge is 2.34. The van der Waals surface area contributed by atoms with Gasteiger partial charge in [-0.2, -0.15) is 4.98 Å². The van der Waals surface area contributed by atoms with Crippen molar-refractivity contribution in [3.05, 3.63) is 42.0 Å². The van der Waals surface area contributed by atoms with E-state index < -0.39 is 0 Å².